The molecule has 2 atom stereocenters. The van der Waals surface area contributed by atoms with Gasteiger partial charge in [-0.3, -0.25) is 19.8 Å². The van der Waals surface area contributed by atoms with Crippen molar-refractivity contribution in [2.45, 2.75) is 54.6 Å². The molecule has 1 saturated heterocycles. The lowest BCUT2D eigenvalue weighted by Crippen LogP contribution is -2.71. The maximum absolute atomic E-state index is 14.9. The largest absolute Gasteiger partial charge is 0.448 e. The smallest absolute Gasteiger partial charge is 0.413 e. The molecule has 0 aliphatic carbocycles. The third-order valence-electron chi connectivity index (χ3n) is 11.0. The second kappa shape index (κ2) is 21.8. The van der Waals surface area contributed by atoms with Gasteiger partial charge in [0.1, 0.15) is 28.4 Å². The van der Waals surface area contributed by atoms with Crippen LogP contribution in [0.2, 0.25) is 0 Å². The fraction of sp³-hybridized carbons (Fsp3) is 0.196. The Balaban J connectivity index is 1.05. The molecule has 71 heavy (non-hydrogen) atoms. The van der Waals surface area contributed by atoms with E-state index in [1.165, 1.54) is 40.2 Å². The van der Waals surface area contributed by atoms with Crippen molar-refractivity contribution in [2.24, 2.45) is 5.16 Å². The molecule has 3 N–H and O–H groups in total. The molecule has 360 valence electrons. The number of anilines is 1. The highest BCUT2D eigenvalue weighted by Crippen LogP contribution is 2.46. The Morgan fingerprint density at radius 3 is 1.92 bits per heavy atom. The summed E-state index contributed by atoms with van der Waals surface area (Å²) in [4.78, 5) is 70.4. The molecule has 0 spiro atoms. The average Bonchev–Trinajstić information content (AvgIpc) is 4.09. The van der Waals surface area contributed by atoms with Gasteiger partial charge in [-0.15, -0.1) is 45.1 Å². The van der Waals surface area contributed by atoms with E-state index >= 15 is 0 Å². The van der Waals surface area contributed by atoms with Gasteiger partial charge in [-0.2, -0.15) is 5.21 Å². The van der Waals surface area contributed by atoms with Crippen LogP contribution in [0.5, 0.6) is 0 Å². The van der Waals surface area contributed by atoms with Crippen molar-refractivity contribution in [3.05, 3.63) is 201 Å². The van der Waals surface area contributed by atoms with Crippen LogP contribution in [0.25, 0.3) is 0 Å². The van der Waals surface area contributed by atoms with Gasteiger partial charge in [0.05, 0.1) is 5.08 Å². The molecule has 9 rings (SSSR count). The van der Waals surface area contributed by atoms with Gasteiger partial charge in [0.25, 0.3) is 11.8 Å². The fourth-order valence-electron chi connectivity index (χ4n) is 7.84. The van der Waals surface area contributed by atoms with Gasteiger partial charge in [-0.1, -0.05) is 169 Å². The average molecular weight is 1020 g/mol. The number of β-lactam (4-membered cyclic amide) rings is 1. The van der Waals surface area contributed by atoms with Gasteiger partial charge in [-0.25, -0.2) is 14.6 Å². The van der Waals surface area contributed by atoms with E-state index in [2.05, 4.69) is 41.4 Å². The zero-order valence-electron chi connectivity index (χ0n) is 38.3. The van der Waals surface area contributed by atoms with Crippen molar-refractivity contribution >= 4 is 81.3 Å². The Bertz CT molecular complexity index is 2900. The first kappa shape index (κ1) is 48.8. The predicted octanol–water partition coefficient (Wildman–Crippen LogP) is 9.14. The van der Waals surface area contributed by atoms with Crippen LogP contribution in [0.15, 0.2) is 178 Å². The van der Waals surface area contributed by atoms with Crippen molar-refractivity contribution < 1.29 is 33.5 Å². The summed E-state index contributed by atoms with van der Waals surface area (Å²) < 4.78 is 11.8. The number of carbonyl (C=O) groups excluding carboxylic acids is 4. The molecule has 3 amide bonds. The lowest BCUT2D eigenvalue weighted by molar-refractivity contribution is -0.154. The molecule has 16 nitrogen and oxygen atoms in total. The number of tetrazole rings is 1. The zero-order valence-corrected chi connectivity index (χ0v) is 41.6. The molecule has 2 aromatic heterocycles. The minimum Gasteiger partial charge on any atom is -0.448 e. The summed E-state index contributed by atoms with van der Waals surface area (Å²) in [6.07, 6.45) is -1.53. The number of H-pyrrole nitrogens is 1. The number of hydrogen-bond donors (Lipinski definition) is 3. The van der Waals surface area contributed by atoms with Crippen molar-refractivity contribution in [2.75, 3.05) is 16.2 Å². The molecule has 0 unspecified atom stereocenters. The van der Waals surface area contributed by atoms with Gasteiger partial charge in [0.15, 0.2) is 16.9 Å². The fourth-order valence-corrected chi connectivity index (χ4v) is 12.0. The second-order valence-electron chi connectivity index (χ2n) is 16.8. The quantitative estimate of drug-likeness (QED) is 0.0148. The Hall–Kier alpha value is -7.26. The number of aromatic amines is 1. The Kier molecular flexibility index (Phi) is 15.0. The van der Waals surface area contributed by atoms with E-state index in [1.807, 2.05) is 152 Å². The van der Waals surface area contributed by atoms with Gasteiger partial charge < -0.3 is 19.6 Å². The van der Waals surface area contributed by atoms with Gasteiger partial charge in [0.2, 0.25) is 10.8 Å². The van der Waals surface area contributed by atoms with E-state index < -0.39 is 52.6 Å². The number of esters is 1. The monoisotopic (exact) mass is 1020 g/mol. The molecular formula is C51H45N9O7S4. The number of thioether (sulfide) groups is 3. The summed E-state index contributed by atoms with van der Waals surface area (Å²) in [6.45, 7) is 5.22. The molecule has 2 aliphatic rings. The van der Waals surface area contributed by atoms with Crippen LogP contribution in [0.4, 0.5) is 9.93 Å². The third-order valence-corrected chi connectivity index (χ3v) is 15.3. The summed E-state index contributed by atoms with van der Waals surface area (Å²) in [5.74, 6) is -1.73. The van der Waals surface area contributed by atoms with E-state index in [4.69, 9.17) is 14.3 Å². The first-order valence-electron chi connectivity index (χ1n) is 22.2. The zero-order chi connectivity index (χ0) is 49.4. The number of ether oxygens (including phenoxy) is 2. The minimum atomic E-state index is -1.39. The van der Waals surface area contributed by atoms with Crippen LogP contribution in [-0.4, -0.2) is 88.0 Å². The first-order chi connectivity index (χ1) is 34.5. The maximum atomic E-state index is 14.9. The van der Waals surface area contributed by atoms with E-state index in [0.717, 1.165) is 22.5 Å². The van der Waals surface area contributed by atoms with Crippen molar-refractivity contribution in [1.29, 1.82) is 0 Å². The summed E-state index contributed by atoms with van der Waals surface area (Å²) in [6, 6.07) is 46.1. The van der Waals surface area contributed by atoms with E-state index in [-0.39, 0.29) is 22.2 Å². The summed E-state index contributed by atoms with van der Waals surface area (Å²) in [5, 5.41) is 26.1. The van der Waals surface area contributed by atoms with Crippen molar-refractivity contribution in [3.63, 3.8) is 0 Å². The molecule has 1 fully saturated rings. The summed E-state index contributed by atoms with van der Waals surface area (Å²) >= 11 is 5.10. The number of nitrogens with zero attached hydrogens (tertiary/aromatic N) is 6. The first-order valence-corrected chi connectivity index (χ1v) is 26.1. The molecule has 20 heteroatoms. The van der Waals surface area contributed by atoms with Gasteiger partial charge in [-0.05, 0) is 37.1 Å². The maximum Gasteiger partial charge on any atom is 0.413 e. The standard InChI is InChI=1S/C51H45N9O7S4/c1-50(2,3)66-49(64)54-47-52-37(29-69-47)39(57-67-51(34-23-13-6-14-24-34,35-25-15-7-16-26-35)36-27-17-8-18-28-36)43(61)53-40-44(62)60-41(38(30-68-45(40)60)70-31-71-48-55-58-59-56-48)46(63)65-42(32-19-9-4-10-20-32)33-21-11-5-12-22-33/h4-29,40,42,45H,30-31H2,1-3H3,(H,53,61)(H,52,54,64)(H,55,56,58,59)/t40-,45+/m1/s1. The Morgan fingerprint density at radius 2 is 1.38 bits per heavy atom. The lowest BCUT2D eigenvalue weighted by Gasteiger charge is -2.49. The number of hydrogen-bond acceptors (Lipinski definition) is 16. The number of fused-ring (bicyclic) bond motifs is 1. The molecule has 0 bridgehead atoms. The molecule has 2 aliphatic heterocycles. The normalized spacial score (nSPS) is 15.9. The Morgan fingerprint density at radius 1 is 0.817 bits per heavy atom. The third kappa shape index (κ3) is 11.0. The van der Waals surface area contributed by atoms with Crippen molar-refractivity contribution in [1.82, 2.24) is 35.8 Å². The highest BCUT2D eigenvalue weighted by Gasteiger charge is 2.55. The van der Waals surface area contributed by atoms with Crippen LogP contribution in [0.1, 0.15) is 60.4 Å². The van der Waals surface area contributed by atoms with Gasteiger partial charge >= 0.3 is 12.1 Å². The lowest BCUT2D eigenvalue weighted by atomic mass is 9.80. The van der Waals surface area contributed by atoms with Gasteiger partial charge in [0, 0.05) is 32.7 Å². The summed E-state index contributed by atoms with van der Waals surface area (Å²) in [5.41, 5.74) is 1.30. The SMILES string of the molecule is CC(C)(C)OC(=O)Nc1nc(C(=NOC(c2ccccc2)(c2ccccc2)c2ccccc2)C(=O)N[C@@H]2C(=O)N3C(C(=O)OC(c4ccccc4)c4ccccc4)=C(SCSc4nn[nH]n4)CS[C@@H]23)cs1. The molecule has 0 radical (unpaired) electrons. The van der Waals surface area contributed by atoms with E-state index in [9.17, 15) is 19.2 Å². The number of benzene rings is 5. The number of oxime groups is 1. The summed E-state index contributed by atoms with van der Waals surface area (Å²) in [7, 11) is 0. The van der Waals surface area contributed by atoms with Crippen LogP contribution in [-0.2, 0) is 34.3 Å². The highest BCUT2D eigenvalue weighted by atomic mass is 32.2. The number of aromatic nitrogens is 5. The Labute approximate surface area is 425 Å². The molecular weight excluding hydrogens is 979 g/mol. The van der Waals surface area contributed by atoms with E-state index in [1.54, 1.807) is 26.2 Å². The molecule has 5 aromatic carbocycles. The highest BCUT2D eigenvalue weighted by molar-refractivity contribution is 8.18. The second-order valence-corrected chi connectivity index (χ2v) is 21.2. The molecule has 7 aromatic rings. The predicted molar refractivity (Wildman–Crippen MR) is 274 cm³/mol. The van der Waals surface area contributed by atoms with E-state index in [0.29, 0.717) is 37.6 Å². The number of rotatable bonds is 17. The number of amides is 3. The van der Waals surface area contributed by atoms with Crippen LogP contribution < -0.4 is 10.6 Å². The minimum absolute atomic E-state index is 0.0522. The van der Waals surface area contributed by atoms with Crippen LogP contribution >= 0.6 is 46.6 Å². The topological polar surface area (TPSA) is 203 Å². The molecule has 0 saturated carbocycles. The van der Waals surface area contributed by atoms with Crippen molar-refractivity contribution in [3.8, 4) is 0 Å². The number of carbonyl (C=O) groups is 4. The molecule has 4 heterocycles. The number of thiazole rings is 1. The number of nitrogens with one attached hydrogen (secondary N) is 3. The van der Waals surface area contributed by atoms with Crippen LogP contribution in [0, 0.1) is 0 Å². The van der Waals surface area contributed by atoms with Crippen LogP contribution in [0.3, 0.4) is 0 Å².